The summed E-state index contributed by atoms with van der Waals surface area (Å²) >= 11 is 0. The highest BCUT2D eigenvalue weighted by molar-refractivity contribution is 5.92. The van der Waals surface area contributed by atoms with Crippen LogP contribution in [-0.4, -0.2) is 47.4 Å². The van der Waals surface area contributed by atoms with Crippen LogP contribution in [0.25, 0.3) is 11.8 Å². The van der Waals surface area contributed by atoms with E-state index < -0.39 is 0 Å². The molecule has 1 aromatic heterocycles. The molecule has 2 rings (SSSR count). The molecule has 0 aliphatic rings. The van der Waals surface area contributed by atoms with Crippen LogP contribution in [0.1, 0.15) is 19.4 Å². The molecule has 0 unspecified atom stereocenters. The van der Waals surface area contributed by atoms with Crippen molar-refractivity contribution in [1.82, 2.24) is 14.7 Å². The van der Waals surface area contributed by atoms with E-state index in [0.29, 0.717) is 25.6 Å². The second-order valence-electron chi connectivity index (χ2n) is 6.01. The third-order valence-electron chi connectivity index (χ3n) is 3.56. The Kier molecular flexibility index (Phi) is 6.75. The molecule has 24 heavy (non-hydrogen) atoms. The number of para-hydroxylation sites is 1. The lowest BCUT2D eigenvalue weighted by molar-refractivity contribution is -0.127. The van der Waals surface area contributed by atoms with Gasteiger partial charge in [0.15, 0.2) is 0 Å². The maximum atomic E-state index is 12.5. The monoisotopic (exact) mass is 327 g/mol. The van der Waals surface area contributed by atoms with Gasteiger partial charge in [-0.15, -0.1) is 0 Å². The summed E-state index contributed by atoms with van der Waals surface area (Å²) in [5, 5.41) is 4.26. The van der Waals surface area contributed by atoms with Gasteiger partial charge >= 0.3 is 0 Å². The molecule has 0 radical (unpaired) electrons. The normalized spacial score (nSPS) is 11.3. The molecule has 0 aliphatic carbocycles. The van der Waals surface area contributed by atoms with Gasteiger partial charge in [-0.2, -0.15) is 5.10 Å². The second-order valence-corrected chi connectivity index (χ2v) is 6.01. The smallest absolute Gasteiger partial charge is 0.246 e. The van der Waals surface area contributed by atoms with E-state index >= 15 is 0 Å². The summed E-state index contributed by atoms with van der Waals surface area (Å²) in [6.45, 7) is 6.05. The van der Waals surface area contributed by atoms with Crippen LogP contribution >= 0.6 is 0 Å². The molecular weight excluding hydrogens is 302 g/mol. The Morgan fingerprint density at radius 3 is 2.79 bits per heavy atom. The first-order valence-corrected chi connectivity index (χ1v) is 8.16. The van der Waals surface area contributed by atoms with Crippen LogP contribution in [0, 0.1) is 5.92 Å². The average Bonchev–Trinajstić information content (AvgIpc) is 3.10. The van der Waals surface area contributed by atoms with Gasteiger partial charge in [-0.25, -0.2) is 4.68 Å². The fourth-order valence-corrected chi connectivity index (χ4v) is 2.45. The van der Waals surface area contributed by atoms with Gasteiger partial charge in [0.1, 0.15) is 0 Å². The molecule has 5 heteroatoms. The van der Waals surface area contributed by atoms with Gasteiger partial charge in [-0.1, -0.05) is 32.0 Å². The number of carbonyl (C=O) groups excluding carboxylic acids is 1. The van der Waals surface area contributed by atoms with Crippen LogP contribution in [0.15, 0.2) is 48.8 Å². The fraction of sp³-hybridized carbons (Fsp3) is 0.368. The number of hydrogen-bond donors (Lipinski definition) is 0. The van der Waals surface area contributed by atoms with E-state index in [1.807, 2.05) is 47.5 Å². The largest absolute Gasteiger partial charge is 0.383 e. The SMILES string of the molecule is COCCN(CC(C)C)C(=O)C=Cc1ccccc1-n1cccn1. The maximum absolute atomic E-state index is 12.5. The molecule has 2 aromatic rings. The lowest BCUT2D eigenvalue weighted by atomic mass is 10.1. The predicted molar refractivity (Wildman–Crippen MR) is 95.9 cm³/mol. The molecule has 1 amide bonds. The van der Waals surface area contributed by atoms with Crippen molar-refractivity contribution in [3.63, 3.8) is 0 Å². The minimum absolute atomic E-state index is 0.00369. The van der Waals surface area contributed by atoms with Crippen molar-refractivity contribution in [3.8, 4) is 5.69 Å². The molecule has 0 fully saturated rings. The molecule has 0 atom stereocenters. The lowest BCUT2D eigenvalue weighted by Gasteiger charge is -2.22. The molecule has 0 bridgehead atoms. The molecule has 0 N–H and O–H groups in total. The minimum Gasteiger partial charge on any atom is -0.383 e. The Bertz CT molecular complexity index is 663. The summed E-state index contributed by atoms with van der Waals surface area (Å²) in [4.78, 5) is 14.3. The van der Waals surface area contributed by atoms with Crippen LogP contribution in [0.3, 0.4) is 0 Å². The van der Waals surface area contributed by atoms with Crippen molar-refractivity contribution < 1.29 is 9.53 Å². The number of ether oxygens (including phenoxy) is 1. The van der Waals surface area contributed by atoms with Crippen LogP contribution in [0.2, 0.25) is 0 Å². The molecular formula is C19H25N3O2. The van der Waals surface area contributed by atoms with Gasteiger partial charge in [-0.05, 0) is 24.1 Å². The molecule has 0 saturated carbocycles. The third-order valence-corrected chi connectivity index (χ3v) is 3.56. The summed E-state index contributed by atoms with van der Waals surface area (Å²) < 4.78 is 6.90. The number of methoxy groups -OCH3 is 1. The number of amides is 1. The van der Waals surface area contributed by atoms with Crippen molar-refractivity contribution in [1.29, 1.82) is 0 Å². The van der Waals surface area contributed by atoms with Crippen molar-refractivity contribution in [3.05, 3.63) is 54.4 Å². The number of benzene rings is 1. The van der Waals surface area contributed by atoms with Gasteiger partial charge in [0.25, 0.3) is 0 Å². The number of hydrogen-bond acceptors (Lipinski definition) is 3. The highest BCUT2D eigenvalue weighted by atomic mass is 16.5. The van der Waals surface area contributed by atoms with E-state index in [-0.39, 0.29) is 5.91 Å². The van der Waals surface area contributed by atoms with Crippen molar-refractivity contribution in [2.24, 2.45) is 5.92 Å². The van der Waals surface area contributed by atoms with Crippen molar-refractivity contribution in [2.75, 3.05) is 26.8 Å². The standard InChI is InChI=1S/C19H25N3O2/c1-16(2)15-21(13-14-24-3)19(23)10-9-17-7-4-5-8-18(17)22-12-6-11-20-22/h4-12,16H,13-15H2,1-3H3. The molecule has 1 aromatic carbocycles. The first kappa shape index (κ1) is 17.9. The molecule has 0 aliphatic heterocycles. The van der Waals surface area contributed by atoms with Crippen LogP contribution in [0.4, 0.5) is 0 Å². The van der Waals surface area contributed by atoms with Gasteiger partial charge in [0.2, 0.25) is 5.91 Å². The molecule has 5 nitrogen and oxygen atoms in total. The minimum atomic E-state index is -0.00369. The van der Waals surface area contributed by atoms with Gasteiger partial charge in [-0.3, -0.25) is 4.79 Å². The zero-order chi connectivity index (χ0) is 17.4. The van der Waals surface area contributed by atoms with Crippen LogP contribution in [-0.2, 0) is 9.53 Å². The van der Waals surface area contributed by atoms with E-state index in [0.717, 1.165) is 11.3 Å². The van der Waals surface area contributed by atoms with E-state index in [1.165, 1.54) is 0 Å². The highest BCUT2D eigenvalue weighted by Crippen LogP contribution is 2.15. The van der Waals surface area contributed by atoms with Crippen molar-refractivity contribution >= 4 is 12.0 Å². The Labute approximate surface area is 143 Å². The van der Waals surface area contributed by atoms with E-state index in [1.54, 1.807) is 24.1 Å². The Balaban J connectivity index is 2.15. The summed E-state index contributed by atoms with van der Waals surface area (Å²) in [7, 11) is 1.65. The van der Waals surface area contributed by atoms with Crippen molar-refractivity contribution in [2.45, 2.75) is 13.8 Å². The summed E-state index contributed by atoms with van der Waals surface area (Å²) in [5.41, 5.74) is 1.89. The van der Waals surface area contributed by atoms with Gasteiger partial charge < -0.3 is 9.64 Å². The molecule has 0 spiro atoms. The molecule has 0 saturated heterocycles. The number of rotatable bonds is 8. The highest BCUT2D eigenvalue weighted by Gasteiger charge is 2.12. The first-order valence-electron chi connectivity index (χ1n) is 8.16. The lowest BCUT2D eigenvalue weighted by Crippen LogP contribution is -2.35. The first-order chi connectivity index (χ1) is 11.6. The van der Waals surface area contributed by atoms with E-state index in [2.05, 4.69) is 18.9 Å². The van der Waals surface area contributed by atoms with Crippen LogP contribution < -0.4 is 0 Å². The Hall–Kier alpha value is -2.40. The number of carbonyl (C=O) groups is 1. The summed E-state index contributed by atoms with van der Waals surface area (Å²) in [5.74, 6) is 0.409. The zero-order valence-electron chi connectivity index (χ0n) is 14.6. The Morgan fingerprint density at radius 2 is 2.12 bits per heavy atom. The maximum Gasteiger partial charge on any atom is 0.246 e. The van der Waals surface area contributed by atoms with Crippen LogP contribution in [0.5, 0.6) is 0 Å². The van der Waals surface area contributed by atoms with Gasteiger partial charge in [0, 0.05) is 44.2 Å². The summed E-state index contributed by atoms with van der Waals surface area (Å²) in [6.07, 6.45) is 7.10. The number of aromatic nitrogens is 2. The molecule has 128 valence electrons. The topological polar surface area (TPSA) is 47.4 Å². The van der Waals surface area contributed by atoms with E-state index in [9.17, 15) is 4.79 Å². The fourth-order valence-electron chi connectivity index (χ4n) is 2.45. The number of nitrogens with zero attached hydrogens (tertiary/aromatic N) is 3. The summed E-state index contributed by atoms with van der Waals surface area (Å²) in [6, 6.07) is 9.74. The van der Waals surface area contributed by atoms with Gasteiger partial charge in [0.05, 0.1) is 12.3 Å². The average molecular weight is 327 g/mol. The third kappa shape index (κ3) is 5.06. The quantitative estimate of drug-likeness (QED) is 0.700. The Morgan fingerprint density at radius 1 is 1.33 bits per heavy atom. The van der Waals surface area contributed by atoms with E-state index in [4.69, 9.17) is 4.74 Å². The molecule has 1 heterocycles. The predicted octanol–water partition coefficient (Wildman–Crippen LogP) is 3.02. The second kappa shape index (κ2) is 9.03. The zero-order valence-corrected chi connectivity index (χ0v) is 14.6.